The molecule has 2 N–H and O–H groups in total. The van der Waals surface area contributed by atoms with Crippen LogP contribution in [0.1, 0.15) is 17.7 Å². The number of benzene rings is 1. The van der Waals surface area contributed by atoms with E-state index in [1.54, 1.807) is 19.1 Å². The van der Waals surface area contributed by atoms with Gasteiger partial charge in [-0.2, -0.15) is 0 Å². The molecule has 162 valence electrons. The second-order valence-corrected chi connectivity index (χ2v) is 8.44. The Morgan fingerprint density at radius 2 is 2.00 bits per heavy atom. The molecule has 1 aliphatic heterocycles. The van der Waals surface area contributed by atoms with E-state index in [9.17, 15) is 9.59 Å². The van der Waals surface area contributed by atoms with Crippen molar-refractivity contribution in [1.82, 2.24) is 15.0 Å². The van der Waals surface area contributed by atoms with Crippen molar-refractivity contribution in [2.45, 2.75) is 19.8 Å². The number of H-pyrrole nitrogens is 1. The van der Waals surface area contributed by atoms with E-state index < -0.39 is 0 Å². The van der Waals surface area contributed by atoms with Crippen LogP contribution < -0.4 is 15.8 Å². The van der Waals surface area contributed by atoms with Crippen molar-refractivity contribution in [2.75, 3.05) is 36.5 Å². The number of carbonyl (C=O) groups is 1. The number of aromatic nitrogens is 3. The number of aryl methyl sites for hydroxylation is 1. The summed E-state index contributed by atoms with van der Waals surface area (Å²) in [5, 5.41) is 5.85. The minimum Gasteiger partial charge on any atom is -0.378 e. The monoisotopic (exact) mass is 459 g/mol. The first-order valence-corrected chi connectivity index (χ1v) is 11.2. The van der Waals surface area contributed by atoms with Crippen LogP contribution in [-0.2, 0) is 16.0 Å². The van der Waals surface area contributed by atoms with Crippen LogP contribution in [0.5, 0.6) is 0 Å². The van der Waals surface area contributed by atoms with Crippen LogP contribution >= 0.6 is 22.9 Å². The van der Waals surface area contributed by atoms with Gasteiger partial charge in [0.15, 0.2) is 5.13 Å². The lowest BCUT2D eigenvalue weighted by atomic mass is 10.1. The van der Waals surface area contributed by atoms with Crippen LogP contribution in [0, 0.1) is 6.92 Å². The van der Waals surface area contributed by atoms with E-state index in [2.05, 4.69) is 20.3 Å². The molecular formula is C21H22ClN5O3S. The van der Waals surface area contributed by atoms with Gasteiger partial charge in [0.1, 0.15) is 0 Å². The van der Waals surface area contributed by atoms with Crippen molar-refractivity contribution in [2.24, 2.45) is 0 Å². The molecule has 10 heteroatoms. The molecule has 31 heavy (non-hydrogen) atoms. The molecule has 0 spiro atoms. The van der Waals surface area contributed by atoms with Crippen molar-refractivity contribution in [3.63, 3.8) is 0 Å². The van der Waals surface area contributed by atoms with Crippen molar-refractivity contribution >= 4 is 39.9 Å². The number of ether oxygens (including phenoxy) is 1. The summed E-state index contributed by atoms with van der Waals surface area (Å²) in [6.45, 7) is 4.40. The van der Waals surface area contributed by atoms with Crippen molar-refractivity contribution in [3.8, 4) is 11.3 Å². The molecule has 1 aliphatic rings. The normalized spacial score (nSPS) is 13.9. The highest BCUT2D eigenvalue weighted by Gasteiger charge is 2.17. The zero-order valence-corrected chi connectivity index (χ0v) is 18.6. The van der Waals surface area contributed by atoms with Gasteiger partial charge in [-0.15, -0.1) is 11.3 Å². The zero-order valence-electron chi connectivity index (χ0n) is 17.0. The van der Waals surface area contributed by atoms with Crippen LogP contribution in [0.25, 0.3) is 11.3 Å². The SMILES string of the molecule is Cc1nc(N2CCOCC2)[nH]c(=O)c1CCC(=O)Nc1nc(-c2ccc(Cl)cc2)cs1. The lowest BCUT2D eigenvalue weighted by Crippen LogP contribution is -2.38. The Morgan fingerprint density at radius 1 is 1.26 bits per heavy atom. The lowest BCUT2D eigenvalue weighted by molar-refractivity contribution is -0.116. The summed E-state index contributed by atoms with van der Waals surface area (Å²) in [4.78, 5) is 38.8. The fourth-order valence-corrected chi connectivity index (χ4v) is 4.18. The predicted molar refractivity (Wildman–Crippen MR) is 122 cm³/mol. The average Bonchev–Trinajstić information content (AvgIpc) is 3.22. The van der Waals surface area contributed by atoms with Gasteiger partial charge in [-0.05, 0) is 25.5 Å². The molecule has 0 bridgehead atoms. The zero-order chi connectivity index (χ0) is 21.8. The van der Waals surface area contributed by atoms with Gasteiger partial charge < -0.3 is 15.0 Å². The number of carbonyl (C=O) groups excluding carboxylic acids is 1. The van der Waals surface area contributed by atoms with Gasteiger partial charge in [0.05, 0.1) is 18.9 Å². The maximum Gasteiger partial charge on any atom is 0.255 e. The minimum absolute atomic E-state index is 0.165. The Hall–Kier alpha value is -2.75. The van der Waals surface area contributed by atoms with Crippen molar-refractivity contribution < 1.29 is 9.53 Å². The second kappa shape index (κ2) is 9.59. The summed E-state index contributed by atoms with van der Waals surface area (Å²) >= 11 is 7.27. The molecule has 0 atom stereocenters. The Labute approximate surface area is 188 Å². The smallest absolute Gasteiger partial charge is 0.255 e. The highest BCUT2D eigenvalue weighted by Crippen LogP contribution is 2.26. The topological polar surface area (TPSA) is 100 Å². The van der Waals surface area contributed by atoms with Gasteiger partial charge in [-0.1, -0.05) is 23.7 Å². The van der Waals surface area contributed by atoms with Gasteiger partial charge in [0.25, 0.3) is 5.56 Å². The van der Waals surface area contributed by atoms with E-state index in [-0.39, 0.29) is 17.9 Å². The summed E-state index contributed by atoms with van der Waals surface area (Å²) in [5.74, 6) is 0.351. The van der Waals surface area contributed by atoms with Crippen LogP contribution in [-0.4, -0.2) is 47.2 Å². The third-order valence-corrected chi connectivity index (χ3v) is 6.02. The van der Waals surface area contributed by atoms with E-state index in [1.165, 1.54) is 11.3 Å². The van der Waals surface area contributed by atoms with E-state index in [0.29, 0.717) is 60.1 Å². The Bertz CT molecular complexity index is 1120. The number of nitrogens with one attached hydrogen (secondary N) is 2. The fraction of sp³-hybridized carbons (Fsp3) is 0.333. The molecule has 0 unspecified atom stereocenters. The number of aromatic amines is 1. The molecule has 0 aliphatic carbocycles. The van der Waals surface area contributed by atoms with E-state index >= 15 is 0 Å². The average molecular weight is 460 g/mol. The number of hydrogen-bond acceptors (Lipinski definition) is 7. The molecule has 0 saturated carbocycles. The summed E-state index contributed by atoms with van der Waals surface area (Å²) in [6, 6.07) is 7.36. The van der Waals surface area contributed by atoms with Crippen LogP contribution in [0.4, 0.5) is 11.1 Å². The third-order valence-electron chi connectivity index (χ3n) is 5.01. The first kappa shape index (κ1) is 21.5. The quantitative estimate of drug-likeness (QED) is 0.586. The van der Waals surface area contributed by atoms with Gasteiger partial charge in [-0.25, -0.2) is 9.97 Å². The molecule has 3 aromatic rings. The molecule has 0 radical (unpaired) electrons. The predicted octanol–water partition coefficient (Wildman–Crippen LogP) is 3.26. The number of halogens is 1. The largest absolute Gasteiger partial charge is 0.378 e. The Balaban J connectivity index is 1.36. The van der Waals surface area contributed by atoms with Gasteiger partial charge in [0, 0.05) is 46.7 Å². The second-order valence-electron chi connectivity index (χ2n) is 7.15. The maximum atomic E-state index is 12.6. The van der Waals surface area contributed by atoms with E-state index in [4.69, 9.17) is 16.3 Å². The molecule has 4 rings (SSSR count). The van der Waals surface area contributed by atoms with E-state index in [0.717, 1.165) is 11.3 Å². The van der Waals surface area contributed by atoms with Gasteiger partial charge in [0.2, 0.25) is 11.9 Å². The minimum atomic E-state index is -0.207. The number of amides is 1. The number of thiazole rings is 1. The molecule has 1 amide bonds. The summed E-state index contributed by atoms with van der Waals surface area (Å²) in [5.41, 5.74) is 2.65. The Kier molecular flexibility index (Phi) is 6.64. The number of nitrogens with zero attached hydrogens (tertiary/aromatic N) is 3. The number of morpholine rings is 1. The molecular weight excluding hydrogens is 438 g/mol. The molecule has 1 aromatic carbocycles. The van der Waals surface area contributed by atoms with Gasteiger partial charge >= 0.3 is 0 Å². The van der Waals surface area contributed by atoms with Crippen molar-refractivity contribution in [3.05, 3.63) is 56.3 Å². The van der Waals surface area contributed by atoms with Crippen LogP contribution in [0.2, 0.25) is 5.02 Å². The highest BCUT2D eigenvalue weighted by molar-refractivity contribution is 7.14. The molecule has 2 aromatic heterocycles. The molecule has 1 fully saturated rings. The number of anilines is 2. The molecule has 8 nitrogen and oxygen atoms in total. The number of rotatable bonds is 6. The van der Waals surface area contributed by atoms with Crippen LogP contribution in [0.3, 0.4) is 0 Å². The Morgan fingerprint density at radius 3 is 2.71 bits per heavy atom. The molecule has 1 saturated heterocycles. The van der Waals surface area contributed by atoms with Crippen molar-refractivity contribution in [1.29, 1.82) is 0 Å². The first-order valence-electron chi connectivity index (χ1n) is 9.93. The fourth-order valence-electron chi connectivity index (χ4n) is 3.32. The summed E-state index contributed by atoms with van der Waals surface area (Å²) in [6.07, 6.45) is 0.469. The standard InChI is InChI=1S/C21H22ClN5O3S/c1-13-16(19(29)26-20(23-13)27-8-10-30-11-9-27)6-7-18(28)25-21-24-17(12-31-21)14-2-4-15(22)5-3-14/h2-5,12H,6-11H2,1H3,(H,23,26,29)(H,24,25,28). The third kappa shape index (κ3) is 5.30. The molecule has 3 heterocycles. The van der Waals surface area contributed by atoms with Crippen LogP contribution in [0.15, 0.2) is 34.4 Å². The lowest BCUT2D eigenvalue weighted by Gasteiger charge is -2.27. The summed E-state index contributed by atoms with van der Waals surface area (Å²) in [7, 11) is 0. The highest BCUT2D eigenvalue weighted by atomic mass is 35.5. The first-order chi connectivity index (χ1) is 15.0. The summed E-state index contributed by atoms with van der Waals surface area (Å²) < 4.78 is 5.33. The van der Waals surface area contributed by atoms with Gasteiger partial charge in [-0.3, -0.25) is 14.6 Å². The maximum absolute atomic E-state index is 12.6. The number of hydrogen-bond donors (Lipinski definition) is 2. The van der Waals surface area contributed by atoms with E-state index in [1.807, 2.05) is 22.4 Å².